The lowest BCUT2D eigenvalue weighted by Crippen LogP contribution is -2.46. The molecule has 1 unspecified atom stereocenters. The lowest BCUT2D eigenvalue weighted by Gasteiger charge is -2.19. The molecule has 1 amide bonds. The van der Waals surface area contributed by atoms with Crippen LogP contribution in [-0.2, 0) is 4.79 Å². The van der Waals surface area contributed by atoms with Crippen LogP contribution in [0.1, 0.15) is 17.3 Å². The number of hydrogen-bond acceptors (Lipinski definition) is 5. The van der Waals surface area contributed by atoms with E-state index < -0.39 is 24.0 Å². The molecule has 7 nitrogen and oxygen atoms in total. The van der Waals surface area contributed by atoms with Crippen LogP contribution >= 0.6 is 0 Å². The van der Waals surface area contributed by atoms with Gasteiger partial charge in [0.25, 0.3) is 5.91 Å². The van der Waals surface area contributed by atoms with Crippen molar-refractivity contribution < 1.29 is 29.3 Å². The van der Waals surface area contributed by atoms with Crippen molar-refractivity contribution in [2.24, 2.45) is 0 Å². The first-order valence-electron chi connectivity index (χ1n) is 6.47. The van der Waals surface area contributed by atoms with Gasteiger partial charge in [0.15, 0.2) is 5.60 Å². The topological polar surface area (TPSA) is 105 Å². The maximum atomic E-state index is 12.1. The highest BCUT2D eigenvalue weighted by Gasteiger charge is 2.30. The molecule has 1 aromatic carbocycles. The summed E-state index contributed by atoms with van der Waals surface area (Å²) in [5, 5.41) is 20.8. The highest BCUT2D eigenvalue weighted by molar-refractivity contribution is 5.97. The van der Waals surface area contributed by atoms with Crippen molar-refractivity contribution in [3.05, 3.63) is 36.4 Å². The number of carboxylic acids is 1. The van der Waals surface area contributed by atoms with Gasteiger partial charge in [-0.2, -0.15) is 0 Å². The van der Waals surface area contributed by atoms with Gasteiger partial charge in [-0.3, -0.25) is 4.79 Å². The fourth-order valence-electron chi connectivity index (χ4n) is 1.51. The molecule has 1 atom stereocenters. The fraction of sp³-hybridized carbons (Fsp3) is 0.333. The third-order valence-electron chi connectivity index (χ3n) is 2.84. The highest BCUT2D eigenvalue weighted by atomic mass is 16.5. The zero-order valence-corrected chi connectivity index (χ0v) is 12.5. The maximum Gasteiger partial charge on any atom is 0.337 e. The second-order valence-electron chi connectivity index (χ2n) is 4.72. The van der Waals surface area contributed by atoms with Crippen LogP contribution in [0, 0.1) is 0 Å². The summed E-state index contributed by atoms with van der Waals surface area (Å²) in [6.07, 6.45) is 1.52. The minimum atomic E-state index is -2.05. The molecule has 0 spiro atoms. The Kier molecular flexibility index (Phi) is 5.94. The monoisotopic (exact) mass is 309 g/mol. The molecule has 0 aliphatic heterocycles. The van der Waals surface area contributed by atoms with E-state index in [0.29, 0.717) is 5.75 Å². The summed E-state index contributed by atoms with van der Waals surface area (Å²) in [6, 6.07) is 4.60. The number of ether oxygens (including phenoxy) is 2. The zero-order chi connectivity index (χ0) is 16.8. The predicted octanol–water partition coefficient (Wildman–Crippen LogP) is 0.825. The van der Waals surface area contributed by atoms with Gasteiger partial charge in [0.1, 0.15) is 18.1 Å². The van der Waals surface area contributed by atoms with E-state index in [4.69, 9.17) is 14.6 Å². The van der Waals surface area contributed by atoms with Crippen LogP contribution in [0.5, 0.6) is 11.5 Å². The first kappa shape index (κ1) is 17.5. The SMILES string of the molecule is C=CCOc1cc(OC)ccc1C(=O)NCC(C)(O)C(=O)O. The van der Waals surface area contributed by atoms with Crippen molar-refractivity contribution in [2.75, 3.05) is 20.3 Å². The smallest absolute Gasteiger partial charge is 0.337 e. The number of amides is 1. The Morgan fingerprint density at radius 3 is 2.68 bits per heavy atom. The Balaban J connectivity index is 2.91. The summed E-state index contributed by atoms with van der Waals surface area (Å²) in [6.45, 7) is 4.38. The molecule has 1 rings (SSSR count). The molecular weight excluding hydrogens is 290 g/mol. The summed E-state index contributed by atoms with van der Waals surface area (Å²) < 4.78 is 10.5. The number of carbonyl (C=O) groups is 2. The van der Waals surface area contributed by atoms with Gasteiger partial charge in [0.2, 0.25) is 0 Å². The van der Waals surface area contributed by atoms with Crippen LogP contribution in [0.25, 0.3) is 0 Å². The molecule has 0 saturated carbocycles. The number of rotatable bonds is 8. The molecule has 120 valence electrons. The summed E-state index contributed by atoms with van der Waals surface area (Å²) in [5.74, 6) is -1.21. The van der Waals surface area contributed by atoms with Gasteiger partial charge in [-0.25, -0.2) is 4.79 Å². The molecule has 0 bridgehead atoms. The van der Waals surface area contributed by atoms with Crippen molar-refractivity contribution in [2.45, 2.75) is 12.5 Å². The van der Waals surface area contributed by atoms with Crippen LogP contribution in [0.3, 0.4) is 0 Å². The minimum Gasteiger partial charge on any atom is -0.497 e. The summed E-state index contributed by atoms with van der Waals surface area (Å²) in [7, 11) is 1.48. The second-order valence-corrected chi connectivity index (χ2v) is 4.72. The second kappa shape index (κ2) is 7.46. The lowest BCUT2D eigenvalue weighted by atomic mass is 10.1. The van der Waals surface area contributed by atoms with E-state index in [9.17, 15) is 14.7 Å². The van der Waals surface area contributed by atoms with Gasteiger partial charge in [-0.15, -0.1) is 0 Å². The summed E-state index contributed by atoms with van der Waals surface area (Å²) >= 11 is 0. The Labute approximate surface area is 128 Å². The fourth-order valence-corrected chi connectivity index (χ4v) is 1.51. The Hall–Kier alpha value is -2.54. The average molecular weight is 309 g/mol. The van der Waals surface area contributed by atoms with Crippen LogP contribution < -0.4 is 14.8 Å². The van der Waals surface area contributed by atoms with Crippen LogP contribution in [-0.4, -0.2) is 48.0 Å². The molecule has 1 aromatic rings. The van der Waals surface area contributed by atoms with E-state index >= 15 is 0 Å². The largest absolute Gasteiger partial charge is 0.497 e. The summed E-state index contributed by atoms with van der Waals surface area (Å²) in [5.41, 5.74) is -1.85. The van der Waals surface area contributed by atoms with Gasteiger partial charge in [0, 0.05) is 6.07 Å². The average Bonchev–Trinajstić information content (AvgIpc) is 2.50. The van der Waals surface area contributed by atoms with E-state index in [1.807, 2.05) is 0 Å². The van der Waals surface area contributed by atoms with Crippen molar-refractivity contribution in [1.82, 2.24) is 5.32 Å². The van der Waals surface area contributed by atoms with Gasteiger partial charge in [-0.05, 0) is 19.1 Å². The molecule has 0 heterocycles. The van der Waals surface area contributed by atoms with Gasteiger partial charge in [-0.1, -0.05) is 12.7 Å². The van der Waals surface area contributed by atoms with Gasteiger partial charge < -0.3 is 25.0 Å². The number of carbonyl (C=O) groups excluding carboxylic acids is 1. The number of benzene rings is 1. The molecule has 0 saturated heterocycles. The molecule has 0 fully saturated rings. The van der Waals surface area contributed by atoms with Gasteiger partial charge in [0.05, 0.1) is 19.2 Å². The van der Waals surface area contributed by atoms with E-state index in [0.717, 1.165) is 6.92 Å². The Morgan fingerprint density at radius 1 is 1.45 bits per heavy atom. The van der Waals surface area contributed by atoms with Gasteiger partial charge >= 0.3 is 5.97 Å². The first-order chi connectivity index (χ1) is 10.3. The van der Waals surface area contributed by atoms with Crippen LogP contribution in [0.4, 0.5) is 0 Å². The predicted molar refractivity (Wildman–Crippen MR) is 79.3 cm³/mol. The number of hydrogen-bond donors (Lipinski definition) is 3. The van der Waals surface area contributed by atoms with E-state index in [-0.39, 0.29) is 17.9 Å². The van der Waals surface area contributed by atoms with Crippen LogP contribution in [0.2, 0.25) is 0 Å². The molecule has 7 heteroatoms. The number of aliphatic hydroxyl groups is 1. The number of nitrogens with one attached hydrogen (secondary N) is 1. The highest BCUT2D eigenvalue weighted by Crippen LogP contribution is 2.25. The van der Waals surface area contributed by atoms with Crippen LogP contribution in [0.15, 0.2) is 30.9 Å². The standard InChI is InChI=1S/C15H19NO6/c1-4-7-22-12-8-10(21-3)5-6-11(12)13(17)16-9-15(2,20)14(18)19/h4-6,8,20H,1,7,9H2,2-3H3,(H,16,17)(H,18,19). The number of methoxy groups -OCH3 is 1. The zero-order valence-electron chi connectivity index (χ0n) is 12.5. The molecular formula is C15H19NO6. The molecule has 0 aliphatic carbocycles. The first-order valence-corrected chi connectivity index (χ1v) is 6.47. The Morgan fingerprint density at radius 2 is 2.14 bits per heavy atom. The third-order valence-corrected chi connectivity index (χ3v) is 2.84. The normalized spacial score (nSPS) is 12.9. The molecule has 0 aromatic heterocycles. The summed E-state index contributed by atoms with van der Waals surface area (Å²) in [4.78, 5) is 22.9. The quantitative estimate of drug-likeness (QED) is 0.614. The Bertz CT molecular complexity index is 567. The molecule has 3 N–H and O–H groups in total. The van der Waals surface area contributed by atoms with Crippen molar-refractivity contribution in [1.29, 1.82) is 0 Å². The molecule has 0 radical (unpaired) electrons. The van der Waals surface area contributed by atoms with Crippen molar-refractivity contribution in [3.63, 3.8) is 0 Å². The number of carboxylic acid groups (broad SMARTS) is 1. The molecule has 0 aliphatic rings. The third kappa shape index (κ3) is 4.49. The van der Waals surface area contributed by atoms with E-state index in [1.165, 1.54) is 25.3 Å². The molecule has 22 heavy (non-hydrogen) atoms. The van der Waals surface area contributed by atoms with Crippen molar-refractivity contribution >= 4 is 11.9 Å². The van der Waals surface area contributed by atoms with Crippen molar-refractivity contribution in [3.8, 4) is 11.5 Å². The number of aliphatic carboxylic acids is 1. The van der Waals surface area contributed by atoms with E-state index in [1.54, 1.807) is 6.07 Å². The maximum absolute atomic E-state index is 12.1. The lowest BCUT2D eigenvalue weighted by molar-refractivity contribution is -0.155. The van der Waals surface area contributed by atoms with E-state index in [2.05, 4.69) is 11.9 Å². The minimum absolute atomic E-state index is 0.195.